The molecule has 1 aliphatic heterocycles. The fourth-order valence-corrected chi connectivity index (χ4v) is 2.15. The smallest absolute Gasteiger partial charge is 0.243 e. The average Bonchev–Trinajstić information content (AvgIpc) is 2.58. The summed E-state index contributed by atoms with van der Waals surface area (Å²) in [5, 5.41) is 3.32. The van der Waals surface area contributed by atoms with E-state index in [9.17, 15) is 4.79 Å². The van der Waals surface area contributed by atoms with Gasteiger partial charge in [0, 0.05) is 6.61 Å². The van der Waals surface area contributed by atoms with Crippen molar-refractivity contribution < 1.29 is 9.53 Å². The van der Waals surface area contributed by atoms with Gasteiger partial charge in [-0.05, 0) is 26.2 Å². The Balaban J connectivity index is 2.73. The van der Waals surface area contributed by atoms with E-state index in [-0.39, 0.29) is 17.5 Å². The third kappa shape index (κ3) is 2.99. The highest BCUT2D eigenvalue weighted by atomic mass is 16.5. The monoisotopic (exact) mass is 242 g/mol. The van der Waals surface area contributed by atoms with Crippen molar-refractivity contribution in [3.63, 3.8) is 0 Å². The van der Waals surface area contributed by atoms with E-state index in [1.807, 2.05) is 25.7 Å². The molecule has 1 heterocycles. The average molecular weight is 242 g/mol. The molecule has 4 heteroatoms. The van der Waals surface area contributed by atoms with Crippen LogP contribution in [-0.4, -0.2) is 42.3 Å². The summed E-state index contributed by atoms with van der Waals surface area (Å²) in [7, 11) is 0. The first kappa shape index (κ1) is 14.5. The molecule has 0 bridgehead atoms. The Bertz CT molecular complexity index is 268. The van der Waals surface area contributed by atoms with E-state index < -0.39 is 0 Å². The van der Waals surface area contributed by atoms with Crippen molar-refractivity contribution in [3.05, 3.63) is 0 Å². The Morgan fingerprint density at radius 3 is 2.53 bits per heavy atom. The molecule has 0 saturated carbocycles. The lowest BCUT2D eigenvalue weighted by Gasteiger charge is -2.31. The van der Waals surface area contributed by atoms with Gasteiger partial charge in [-0.3, -0.25) is 10.1 Å². The zero-order valence-electron chi connectivity index (χ0n) is 11.7. The van der Waals surface area contributed by atoms with E-state index in [2.05, 4.69) is 19.2 Å². The minimum atomic E-state index is -0.390. The maximum absolute atomic E-state index is 12.4. The maximum atomic E-state index is 12.4. The summed E-state index contributed by atoms with van der Waals surface area (Å²) in [5.74, 6) is 0.616. The lowest BCUT2D eigenvalue weighted by Crippen LogP contribution is -2.47. The van der Waals surface area contributed by atoms with Crippen LogP contribution >= 0.6 is 0 Å². The van der Waals surface area contributed by atoms with E-state index >= 15 is 0 Å². The quantitative estimate of drug-likeness (QED) is 0.769. The van der Waals surface area contributed by atoms with Gasteiger partial charge in [0.25, 0.3) is 0 Å². The number of amides is 1. The summed E-state index contributed by atoms with van der Waals surface area (Å²) in [6.07, 6.45) is 0.821. The molecule has 1 aliphatic rings. The van der Waals surface area contributed by atoms with E-state index in [0.29, 0.717) is 25.8 Å². The number of hydrogen-bond donors (Lipinski definition) is 1. The van der Waals surface area contributed by atoms with Crippen molar-refractivity contribution in [1.82, 2.24) is 10.2 Å². The third-order valence-corrected chi connectivity index (χ3v) is 3.74. The summed E-state index contributed by atoms with van der Waals surface area (Å²) in [5.41, 5.74) is -0.390. The standard InChI is InChI=1S/C13H26N2O2/c1-6-13(5)12(16)15(9-14-13)11(10(3)4)8-17-7-2/h10-11,14H,6-9H2,1-5H3. The summed E-state index contributed by atoms with van der Waals surface area (Å²) < 4.78 is 5.50. The molecule has 0 aliphatic carbocycles. The predicted octanol–water partition coefficient (Wildman–Crippen LogP) is 1.61. The summed E-state index contributed by atoms with van der Waals surface area (Å²) in [6, 6.07) is 0.170. The van der Waals surface area contributed by atoms with Crippen LogP contribution in [0, 0.1) is 5.92 Å². The van der Waals surface area contributed by atoms with Crippen LogP contribution in [0.15, 0.2) is 0 Å². The molecule has 0 spiro atoms. The van der Waals surface area contributed by atoms with Gasteiger partial charge in [-0.2, -0.15) is 0 Å². The van der Waals surface area contributed by atoms with Crippen LogP contribution in [0.2, 0.25) is 0 Å². The zero-order chi connectivity index (χ0) is 13.1. The largest absolute Gasteiger partial charge is 0.380 e. The first-order valence-corrected chi connectivity index (χ1v) is 6.60. The number of nitrogens with one attached hydrogen (secondary N) is 1. The molecular formula is C13H26N2O2. The molecule has 2 atom stereocenters. The van der Waals surface area contributed by atoms with E-state index in [4.69, 9.17) is 4.74 Å². The van der Waals surface area contributed by atoms with Crippen molar-refractivity contribution in [3.8, 4) is 0 Å². The number of carbonyl (C=O) groups excluding carboxylic acids is 1. The molecule has 0 aromatic heterocycles. The third-order valence-electron chi connectivity index (χ3n) is 3.74. The van der Waals surface area contributed by atoms with Crippen LogP contribution in [0.4, 0.5) is 0 Å². The fraction of sp³-hybridized carbons (Fsp3) is 0.923. The van der Waals surface area contributed by atoms with Gasteiger partial charge in [0.1, 0.15) is 0 Å². The van der Waals surface area contributed by atoms with Crippen molar-refractivity contribution >= 4 is 5.91 Å². The highest BCUT2D eigenvalue weighted by molar-refractivity contribution is 5.88. The molecule has 2 unspecified atom stereocenters. The molecular weight excluding hydrogens is 216 g/mol. The van der Waals surface area contributed by atoms with Crippen LogP contribution in [0.25, 0.3) is 0 Å². The molecule has 4 nitrogen and oxygen atoms in total. The van der Waals surface area contributed by atoms with Crippen LogP contribution in [-0.2, 0) is 9.53 Å². The molecule has 1 N–H and O–H groups in total. The van der Waals surface area contributed by atoms with Crippen LogP contribution in [0.3, 0.4) is 0 Å². The number of hydrogen-bond acceptors (Lipinski definition) is 3. The Morgan fingerprint density at radius 1 is 1.47 bits per heavy atom. The second kappa shape index (κ2) is 5.83. The van der Waals surface area contributed by atoms with E-state index in [0.717, 1.165) is 6.42 Å². The Morgan fingerprint density at radius 2 is 2.12 bits per heavy atom. The van der Waals surface area contributed by atoms with Gasteiger partial charge >= 0.3 is 0 Å². The van der Waals surface area contributed by atoms with Gasteiger partial charge in [0.15, 0.2) is 0 Å². The zero-order valence-corrected chi connectivity index (χ0v) is 11.7. The van der Waals surface area contributed by atoms with Crippen molar-refractivity contribution in [2.24, 2.45) is 5.92 Å². The van der Waals surface area contributed by atoms with Crippen molar-refractivity contribution in [1.29, 1.82) is 0 Å². The van der Waals surface area contributed by atoms with E-state index in [1.54, 1.807) is 0 Å². The van der Waals surface area contributed by atoms with Gasteiger partial charge in [0.2, 0.25) is 5.91 Å². The summed E-state index contributed by atoms with van der Waals surface area (Å²) >= 11 is 0. The highest BCUT2D eigenvalue weighted by Crippen LogP contribution is 2.24. The van der Waals surface area contributed by atoms with Crippen LogP contribution < -0.4 is 5.32 Å². The topological polar surface area (TPSA) is 41.6 Å². The van der Waals surface area contributed by atoms with E-state index in [1.165, 1.54) is 0 Å². The fourth-order valence-electron chi connectivity index (χ4n) is 2.15. The van der Waals surface area contributed by atoms with Gasteiger partial charge in [-0.25, -0.2) is 0 Å². The molecule has 0 radical (unpaired) electrons. The highest BCUT2D eigenvalue weighted by Gasteiger charge is 2.43. The molecule has 0 aromatic carbocycles. The number of rotatable bonds is 6. The van der Waals surface area contributed by atoms with Gasteiger partial charge < -0.3 is 9.64 Å². The summed E-state index contributed by atoms with van der Waals surface area (Å²) in [6.45, 7) is 12.2. The number of nitrogens with zero attached hydrogens (tertiary/aromatic N) is 1. The van der Waals surface area contributed by atoms with Crippen LogP contribution in [0.5, 0.6) is 0 Å². The van der Waals surface area contributed by atoms with Crippen molar-refractivity contribution in [2.75, 3.05) is 19.9 Å². The van der Waals surface area contributed by atoms with Crippen molar-refractivity contribution in [2.45, 2.75) is 52.6 Å². The molecule has 1 fully saturated rings. The predicted molar refractivity (Wildman–Crippen MR) is 68.7 cm³/mol. The van der Waals surface area contributed by atoms with Gasteiger partial charge in [-0.1, -0.05) is 20.8 Å². The SMILES string of the molecule is CCOCC(C(C)C)N1CNC(C)(CC)C1=O. The number of ether oxygens (including phenoxy) is 1. The Hall–Kier alpha value is -0.610. The Labute approximate surface area is 105 Å². The first-order valence-electron chi connectivity index (χ1n) is 6.60. The molecule has 100 valence electrons. The van der Waals surface area contributed by atoms with Gasteiger partial charge in [0.05, 0.1) is 24.9 Å². The molecule has 1 saturated heterocycles. The maximum Gasteiger partial charge on any atom is 0.243 e. The molecule has 17 heavy (non-hydrogen) atoms. The first-order chi connectivity index (χ1) is 7.96. The second-order valence-electron chi connectivity index (χ2n) is 5.27. The lowest BCUT2D eigenvalue weighted by molar-refractivity contribution is -0.136. The molecule has 1 rings (SSSR count). The van der Waals surface area contributed by atoms with Crippen LogP contribution in [0.1, 0.15) is 41.0 Å². The normalized spacial score (nSPS) is 26.9. The number of carbonyl (C=O) groups is 1. The Kier molecular flexibility index (Phi) is 4.95. The molecule has 1 amide bonds. The lowest BCUT2D eigenvalue weighted by atomic mass is 9.97. The second-order valence-corrected chi connectivity index (χ2v) is 5.27. The summed E-state index contributed by atoms with van der Waals surface area (Å²) in [4.78, 5) is 14.3. The minimum Gasteiger partial charge on any atom is -0.380 e. The van der Waals surface area contributed by atoms with Gasteiger partial charge in [-0.15, -0.1) is 0 Å². The molecule has 0 aromatic rings. The minimum absolute atomic E-state index is 0.170.